The Morgan fingerprint density at radius 3 is 2.15 bits per heavy atom. The van der Waals surface area contributed by atoms with Gasteiger partial charge in [-0.05, 0) is 98.2 Å². The standard InChI is InChI=1S/C45H47N5O11/c1-9-24-21(2)30-17-35-28-13-10-27(43(57)60-7)41(44(58)61-8)45(28,5)37(49-35)19-31-23(4)26(12-15-40(54)59-6)34(48-31)18-33-25(22(3)29(47-33)16-32(24)46-30)11-14-38(51)50-36(42(55)56)20-39(52)53/h9-10,13,16-19,36,41,46,48H,1,11-12,14-15,20H2,2-8H3,(H,50,51)(H,52,53)(H,55,56)/t36-,41-,45+/m0/s1. The Kier molecular flexibility index (Phi) is 12.3. The highest BCUT2D eigenvalue weighted by molar-refractivity contribution is 6.02. The second kappa shape index (κ2) is 17.2. The third-order valence-electron chi connectivity index (χ3n) is 11.7. The molecule has 0 spiro atoms. The number of aryl methyl sites for hydroxylation is 3. The molecule has 16 heteroatoms. The van der Waals surface area contributed by atoms with Crippen molar-refractivity contribution in [3.05, 3.63) is 93.6 Å². The summed E-state index contributed by atoms with van der Waals surface area (Å²) in [6.07, 6.45) is 4.52. The van der Waals surface area contributed by atoms with Crippen LogP contribution in [-0.4, -0.2) is 93.3 Å². The number of hydrogen-bond acceptors (Lipinski definition) is 11. The Morgan fingerprint density at radius 1 is 0.836 bits per heavy atom. The molecule has 0 fully saturated rings. The minimum absolute atomic E-state index is 0.0465. The number of carbonyl (C=O) groups is 6. The van der Waals surface area contributed by atoms with Crippen LogP contribution >= 0.6 is 0 Å². The van der Waals surface area contributed by atoms with Crippen LogP contribution in [0.25, 0.3) is 44.9 Å². The molecule has 1 aliphatic carbocycles. The molecule has 5 N–H and O–H groups in total. The first-order valence-electron chi connectivity index (χ1n) is 19.4. The van der Waals surface area contributed by atoms with Crippen LogP contribution in [0.15, 0.2) is 48.6 Å². The van der Waals surface area contributed by atoms with Crippen molar-refractivity contribution in [3.8, 4) is 0 Å². The molecule has 2 aliphatic heterocycles. The van der Waals surface area contributed by atoms with Gasteiger partial charge in [0.05, 0.1) is 61.5 Å². The maximum Gasteiger partial charge on any atom is 0.334 e. The number of aromatic nitrogens is 4. The number of amides is 1. The van der Waals surface area contributed by atoms with Crippen molar-refractivity contribution in [2.24, 2.45) is 5.92 Å². The number of methoxy groups -OCH3 is 3. The van der Waals surface area contributed by atoms with Gasteiger partial charge in [-0.1, -0.05) is 24.8 Å². The van der Waals surface area contributed by atoms with Gasteiger partial charge in [-0.15, -0.1) is 0 Å². The van der Waals surface area contributed by atoms with Crippen LogP contribution in [-0.2, 0) is 54.8 Å². The van der Waals surface area contributed by atoms with Gasteiger partial charge in [0.2, 0.25) is 5.91 Å². The number of aromatic amines is 2. The van der Waals surface area contributed by atoms with Crippen LogP contribution in [0.4, 0.5) is 0 Å². The smallest absolute Gasteiger partial charge is 0.334 e. The molecule has 3 aliphatic rings. The van der Waals surface area contributed by atoms with E-state index in [0.29, 0.717) is 56.0 Å². The lowest BCUT2D eigenvalue weighted by Gasteiger charge is -2.36. The number of carboxylic acids is 2. The van der Waals surface area contributed by atoms with E-state index in [1.165, 1.54) is 21.3 Å². The fraction of sp³-hybridized carbons (Fsp3) is 0.333. The van der Waals surface area contributed by atoms with Gasteiger partial charge in [-0.25, -0.2) is 14.6 Å². The lowest BCUT2D eigenvalue weighted by Crippen LogP contribution is -2.42. The summed E-state index contributed by atoms with van der Waals surface area (Å²) in [6.45, 7) is 11.6. The van der Waals surface area contributed by atoms with Gasteiger partial charge in [0.15, 0.2) is 0 Å². The van der Waals surface area contributed by atoms with Gasteiger partial charge >= 0.3 is 29.8 Å². The van der Waals surface area contributed by atoms with Crippen molar-refractivity contribution in [2.75, 3.05) is 21.3 Å². The van der Waals surface area contributed by atoms with Crippen molar-refractivity contribution < 1.29 is 53.2 Å². The number of nitrogens with one attached hydrogen (secondary N) is 3. The maximum atomic E-state index is 13.8. The molecule has 0 radical (unpaired) electrons. The molecule has 3 aromatic rings. The number of fused-ring (bicyclic) bond motifs is 11. The number of aliphatic carboxylic acids is 2. The van der Waals surface area contributed by atoms with E-state index >= 15 is 0 Å². The molecule has 61 heavy (non-hydrogen) atoms. The minimum atomic E-state index is -1.61. The topological polar surface area (TPSA) is 240 Å². The summed E-state index contributed by atoms with van der Waals surface area (Å²) in [7, 11) is 3.81. The second-order valence-electron chi connectivity index (χ2n) is 15.2. The van der Waals surface area contributed by atoms with Gasteiger partial charge in [0, 0.05) is 40.5 Å². The van der Waals surface area contributed by atoms with Crippen LogP contribution in [0, 0.1) is 19.8 Å². The molecule has 6 rings (SSSR count). The van der Waals surface area contributed by atoms with E-state index in [4.69, 9.17) is 24.2 Å². The summed E-state index contributed by atoms with van der Waals surface area (Å²) >= 11 is 0. The predicted octanol–water partition coefficient (Wildman–Crippen LogP) is 5.68. The minimum Gasteiger partial charge on any atom is -0.481 e. The summed E-state index contributed by atoms with van der Waals surface area (Å²) in [5, 5.41) is 21.0. The number of ether oxygens (including phenoxy) is 3. The van der Waals surface area contributed by atoms with E-state index in [-0.39, 0.29) is 31.3 Å². The molecule has 3 aromatic heterocycles. The Hall–Kier alpha value is -7.10. The van der Waals surface area contributed by atoms with E-state index in [9.17, 15) is 39.0 Å². The molecule has 0 saturated carbocycles. The highest BCUT2D eigenvalue weighted by atomic mass is 16.5. The second-order valence-corrected chi connectivity index (χ2v) is 15.2. The third kappa shape index (κ3) is 8.12. The Bertz CT molecular complexity index is 2680. The number of rotatable bonds is 13. The van der Waals surface area contributed by atoms with Gasteiger partial charge in [0.1, 0.15) is 12.0 Å². The summed E-state index contributed by atoms with van der Waals surface area (Å²) in [5.41, 5.74) is 8.68. The van der Waals surface area contributed by atoms with Crippen molar-refractivity contribution in [3.63, 3.8) is 0 Å². The zero-order chi connectivity index (χ0) is 44.5. The monoisotopic (exact) mass is 833 g/mol. The van der Waals surface area contributed by atoms with Crippen molar-refractivity contribution in [1.82, 2.24) is 25.3 Å². The van der Waals surface area contributed by atoms with E-state index in [1.54, 1.807) is 18.2 Å². The van der Waals surface area contributed by atoms with Crippen LogP contribution < -0.4 is 5.32 Å². The number of carboxylic acid groups (broad SMARTS) is 2. The van der Waals surface area contributed by atoms with Crippen LogP contribution in [0.2, 0.25) is 0 Å². The van der Waals surface area contributed by atoms with Crippen LogP contribution in [0.5, 0.6) is 0 Å². The molecule has 1 amide bonds. The van der Waals surface area contributed by atoms with Crippen molar-refractivity contribution in [1.29, 1.82) is 0 Å². The van der Waals surface area contributed by atoms with Crippen molar-refractivity contribution in [2.45, 2.75) is 71.3 Å². The number of nitrogens with zero attached hydrogens (tertiary/aromatic N) is 2. The highest BCUT2D eigenvalue weighted by Gasteiger charge is 2.53. The average molecular weight is 834 g/mol. The Labute approximate surface area is 350 Å². The normalized spacial score (nSPS) is 17.3. The quantitative estimate of drug-likeness (QED) is 0.103. The molecular formula is C45H47N5O11. The first-order valence-corrected chi connectivity index (χ1v) is 19.4. The van der Waals surface area contributed by atoms with Gasteiger partial charge in [0.25, 0.3) is 0 Å². The molecular weight excluding hydrogens is 787 g/mol. The molecule has 16 nitrogen and oxygen atoms in total. The highest BCUT2D eigenvalue weighted by Crippen LogP contribution is 2.52. The maximum absolute atomic E-state index is 13.8. The largest absolute Gasteiger partial charge is 0.481 e. The number of allylic oxidation sites excluding steroid dienone is 5. The Morgan fingerprint density at radius 2 is 1.51 bits per heavy atom. The summed E-state index contributed by atoms with van der Waals surface area (Å²) < 4.78 is 15.4. The fourth-order valence-corrected chi connectivity index (χ4v) is 8.33. The van der Waals surface area contributed by atoms with E-state index in [2.05, 4.69) is 21.9 Å². The summed E-state index contributed by atoms with van der Waals surface area (Å²) in [5.74, 6) is -6.41. The lowest BCUT2D eigenvalue weighted by molar-refractivity contribution is -0.149. The first-order chi connectivity index (χ1) is 29.0. The van der Waals surface area contributed by atoms with Gasteiger partial charge < -0.3 is 39.7 Å². The van der Waals surface area contributed by atoms with Gasteiger partial charge in [-0.3, -0.25) is 24.2 Å². The van der Waals surface area contributed by atoms with Crippen molar-refractivity contribution >= 4 is 80.6 Å². The van der Waals surface area contributed by atoms with Gasteiger partial charge in [-0.2, -0.15) is 0 Å². The Balaban J connectivity index is 1.66. The molecule has 0 saturated heterocycles. The fourth-order valence-electron chi connectivity index (χ4n) is 8.33. The predicted molar refractivity (Wildman–Crippen MR) is 225 cm³/mol. The average Bonchev–Trinajstić information content (AvgIpc) is 3.88. The number of carbonyl (C=O) groups excluding carboxylic acids is 4. The third-order valence-corrected chi connectivity index (χ3v) is 11.7. The molecule has 0 unspecified atom stereocenters. The SMILES string of the molecule is C=Cc1c(C)c2cc3nc(cc4[nH]c(cc5nc(cc1[nH]2)C(C)=C5CCC(=O)N[C@@H](CC(=O)O)C(=O)O)c(CCC(=O)OC)c4C)[C@@]1(C)C3=CC=C(C(=O)OC)[C@H]1C(=O)OC. The van der Waals surface area contributed by atoms with Crippen LogP contribution in [0.1, 0.15) is 84.6 Å². The zero-order valence-corrected chi connectivity index (χ0v) is 34.9. The van der Waals surface area contributed by atoms with Crippen LogP contribution in [0.3, 0.4) is 0 Å². The number of esters is 3. The molecule has 0 aromatic carbocycles. The molecule has 3 atom stereocenters. The number of H-pyrrole nitrogens is 2. The number of hydrogen-bond donors (Lipinski definition) is 5. The zero-order valence-electron chi connectivity index (χ0n) is 34.9. The van der Waals surface area contributed by atoms with E-state index in [0.717, 1.165) is 27.8 Å². The lowest BCUT2D eigenvalue weighted by atomic mass is 9.64. The molecule has 8 bridgehead atoms. The molecule has 318 valence electrons. The van der Waals surface area contributed by atoms with E-state index < -0.39 is 59.5 Å². The first kappa shape index (κ1) is 43.5. The van der Waals surface area contributed by atoms with E-state index in [1.807, 2.05) is 52.0 Å². The molecule has 5 heterocycles. The summed E-state index contributed by atoms with van der Waals surface area (Å²) in [4.78, 5) is 92.7. The summed E-state index contributed by atoms with van der Waals surface area (Å²) in [6, 6.07) is 5.76.